The molecule has 9 heteroatoms. The quantitative estimate of drug-likeness (QED) is 0.277. The van der Waals surface area contributed by atoms with E-state index >= 15 is 0 Å². The van der Waals surface area contributed by atoms with Gasteiger partial charge in [-0.25, -0.2) is 4.79 Å². The molecule has 1 heterocycles. The Balaban J connectivity index is 1.46. The van der Waals surface area contributed by atoms with Crippen LogP contribution >= 0.6 is 11.8 Å². The van der Waals surface area contributed by atoms with Crippen LogP contribution in [0.1, 0.15) is 51.5 Å². The van der Waals surface area contributed by atoms with Gasteiger partial charge in [0.05, 0.1) is 30.3 Å². The Kier molecular flexibility index (Phi) is 11.5. The average Bonchev–Trinajstić information content (AvgIpc) is 2.98. The Morgan fingerprint density at radius 2 is 1.71 bits per heavy atom. The molecule has 4 rings (SSSR count). The van der Waals surface area contributed by atoms with Crippen molar-refractivity contribution in [1.29, 1.82) is 0 Å². The number of alkyl carbamates (subject to hydrolysis) is 1. The Hall–Kier alpha value is -2.59. The lowest BCUT2D eigenvalue weighted by atomic mass is 9.72. The van der Waals surface area contributed by atoms with Crippen LogP contribution in [0.15, 0.2) is 65.6 Å². The first-order chi connectivity index (χ1) is 19.7. The molecule has 1 aliphatic heterocycles. The molecule has 0 unspecified atom stereocenters. The van der Waals surface area contributed by atoms with E-state index in [1.165, 1.54) is 12.8 Å². The molecular weight excluding hydrogens is 538 g/mol. The van der Waals surface area contributed by atoms with Gasteiger partial charge in [0.2, 0.25) is 5.91 Å². The molecule has 8 nitrogen and oxygen atoms in total. The Morgan fingerprint density at radius 1 is 1.05 bits per heavy atom. The average molecular weight is 584 g/mol. The molecule has 2 amide bonds. The van der Waals surface area contributed by atoms with Crippen molar-refractivity contribution < 1.29 is 24.5 Å². The molecule has 0 radical (unpaired) electrons. The molecule has 5 atom stereocenters. The van der Waals surface area contributed by atoms with Gasteiger partial charge in [-0.05, 0) is 56.2 Å². The largest absolute Gasteiger partial charge is 0.445 e. The molecule has 0 bridgehead atoms. The minimum atomic E-state index is -0.920. The van der Waals surface area contributed by atoms with E-state index in [4.69, 9.17) is 4.74 Å². The first-order valence-electron chi connectivity index (χ1n) is 14.7. The molecule has 0 aromatic heterocycles. The number of nitrogens with one attached hydrogen (secondary N) is 2. The van der Waals surface area contributed by atoms with E-state index in [1.54, 1.807) is 25.6 Å². The monoisotopic (exact) mass is 583 g/mol. The third-order valence-electron chi connectivity index (χ3n) is 8.24. The summed E-state index contributed by atoms with van der Waals surface area (Å²) >= 11 is 1.56. The number of likely N-dealkylation sites (tertiary alicyclic amines) is 1. The number of ether oxygens (including phenoxy) is 1. The Morgan fingerprint density at radius 3 is 2.39 bits per heavy atom. The topological polar surface area (TPSA) is 111 Å². The molecule has 224 valence electrons. The lowest BCUT2D eigenvalue weighted by Gasteiger charge is -2.47. The van der Waals surface area contributed by atoms with Gasteiger partial charge in [-0.1, -0.05) is 67.8 Å². The third kappa shape index (κ3) is 9.46. The number of thioether (sulfide) groups is 1. The van der Waals surface area contributed by atoms with Crippen LogP contribution in [-0.2, 0) is 16.1 Å². The van der Waals surface area contributed by atoms with E-state index in [-0.39, 0.29) is 25.7 Å². The van der Waals surface area contributed by atoms with Crippen LogP contribution in [0.2, 0.25) is 0 Å². The molecule has 0 spiro atoms. The smallest absolute Gasteiger partial charge is 0.407 e. The van der Waals surface area contributed by atoms with Gasteiger partial charge < -0.3 is 25.6 Å². The number of aliphatic hydroxyl groups is 2. The molecule has 41 heavy (non-hydrogen) atoms. The number of rotatable bonds is 12. The fourth-order valence-corrected chi connectivity index (χ4v) is 6.89. The predicted molar refractivity (Wildman–Crippen MR) is 161 cm³/mol. The number of benzene rings is 2. The second kappa shape index (κ2) is 15.0. The van der Waals surface area contributed by atoms with Crippen molar-refractivity contribution in [2.45, 2.75) is 81.2 Å². The van der Waals surface area contributed by atoms with Crippen LogP contribution in [0.25, 0.3) is 0 Å². The van der Waals surface area contributed by atoms with E-state index in [0.29, 0.717) is 17.6 Å². The first kappa shape index (κ1) is 31.3. The van der Waals surface area contributed by atoms with Crippen LogP contribution in [0.3, 0.4) is 0 Å². The number of nitrogens with zero attached hydrogens (tertiary/aromatic N) is 1. The van der Waals surface area contributed by atoms with Crippen LogP contribution in [0.4, 0.5) is 4.79 Å². The van der Waals surface area contributed by atoms with Gasteiger partial charge in [0.1, 0.15) is 6.61 Å². The summed E-state index contributed by atoms with van der Waals surface area (Å²) < 4.78 is 5.48. The van der Waals surface area contributed by atoms with E-state index in [9.17, 15) is 19.8 Å². The van der Waals surface area contributed by atoms with Gasteiger partial charge in [0, 0.05) is 23.7 Å². The SMILES string of the molecule is CC(C)(CO)NC(=O)[C@@H]1C[C@@H]2CCCC[C@@H]2CN1C[C@@H](O)[C@H](CSc1ccccc1)NC(=O)OCc1ccccc1. The van der Waals surface area contributed by atoms with Crippen molar-refractivity contribution >= 4 is 23.8 Å². The van der Waals surface area contributed by atoms with Crippen LogP contribution in [-0.4, -0.2) is 76.3 Å². The minimum Gasteiger partial charge on any atom is -0.445 e. The number of hydrogen-bond donors (Lipinski definition) is 4. The normalized spacial score (nSPS) is 22.7. The fourth-order valence-electron chi connectivity index (χ4n) is 5.87. The molecule has 2 aliphatic rings. The van der Waals surface area contributed by atoms with Crippen molar-refractivity contribution in [3.8, 4) is 0 Å². The number of hydrogen-bond acceptors (Lipinski definition) is 7. The molecular formula is C32H45N3O5S. The summed E-state index contributed by atoms with van der Waals surface area (Å²) in [6.07, 6.45) is 3.87. The zero-order valence-corrected chi connectivity index (χ0v) is 25.0. The molecule has 2 fully saturated rings. The molecule has 1 saturated heterocycles. The van der Waals surface area contributed by atoms with Gasteiger partial charge in [0.25, 0.3) is 0 Å². The Bertz CT molecular complexity index is 1100. The number of carbonyl (C=O) groups excluding carboxylic acids is 2. The summed E-state index contributed by atoms with van der Waals surface area (Å²) in [5, 5.41) is 27.2. The van der Waals surface area contributed by atoms with E-state index in [1.807, 2.05) is 60.7 Å². The number of carbonyl (C=O) groups is 2. The highest BCUT2D eigenvalue weighted by Gasteiger charge is 2.42. The van der Waals surface area contributed by atoms with Crippen molar-refractivity contribution in [3.05, 3.63) is 66.2 Å². The molecule has 2 aromatic carbocycles. The van der Waals surface area contributed by atoms with Crippen molar-refractivity contribution in [3.63, 3.8) is 0 Å². The van der Waals surface area contributed by atoms with Crippen molar-refractivity contribution in [2.75, 3.05) is 25.4 Å². The number of aliphatic hydroxyl groups excluding tert-OH is 2. The highest BCUT2D eigenvalue weighted by atomic mass is 32.2. The van der Waals surface area contributed by atoms with Gasteiger partial charge in [0.15, 0.2) is 0 Å². The van der Waals surface area contributed by atoms with Gasteiger partial charge in [-0.2, -0.15) is 0 Å². The zero-order valence-electron chi connectivity index (χ0n) is 24.2. The number of piperidine rings is 1. The molecule has 1 saturated carbocycles. The van der Waals surface area contributed by atoms with E-state index in [0.717, 1.165) is 36.3 Å². The van der Waals surface area contributed by atoms with Gasteiger partial charge >= 0.3 is 6.09 Å². The Labute approximate surface area is 248 Å². The summed E-state index contributed by atoms with van der Waals surface area (Å²) in [4.78, 5) is 29.4. The molecule has 4 N–H and O–H groups in total. The maximum Gasteiger partial charge on any atom is 0.407 e. The van der Waals surface area contributed by atoms with Crippen LogP contribution in [0.5, 0.6) is 0 Å². The summed E-state index contributed by atoms with van der Waals surface area (Å²) in [6.45, 7) is 4.57. The van der Waals surface area contributed by atoms with Gasteiger partial charge in [-0.15, -0.1) is 11.8 Å². The van der Waals surface area contributed by atoms with Crippen molar-refractivity contribution in [2.24, 2.45) is 11.8 Å². The summed E-state index contributed by atoms with van der Waals surface area (Å²) in [7, 11) is 0. The predicted octanol–water partition coefficient (Wildman–Crippen LogP) is 4.20. The van der Waals surface area contributed by atoms with E-state index in [2.05, 4.69) is 15.5 Å². The maximum atomic E-state index is 13.5. The highest BCUT2D eigenvalue weighted by molar-refractivity contribution is 7.99. The lowest BCUT2D eigenvalue weighted by molar-refractivity contribution is -0.133. The van der Waals surface area contributed by atoms with Crippen molar-refractivity contribution in [1.82, 2.24) is 15.5 Å². The number of amides is 2. The molecule has 2 aromatic rings. The van der Waals surface area contributed by atoms with Crippen LogP contribution in [0, 0.1) is 11.8 Å². The lowest BCUT2D eigenvalue weighted by Crippen LogP contribution is -2.61. The van der Waals surface area contributed by atoms with Crippen LogP contribution < -0.4 is 10.6 Å². The molecule has 1 aliphatic carbocycles. The first-order valence-corrected chi connectivity index (χ1v) is 15.7. The van der Waals surface area contributed by atoms with E-state index < -0.39 is 29.8 Å². The summed E-state index contributed by atoms with van der Waals surface area (Å²) in [5.74, 6) is 1.30. The third-order valence-corrected chi connectivity index (χ3v) is 9.37. The summed E-state index contributed by atoms with van der Waals surface area (Å²) in [5.41, 5.74) is 0.150. The number of fused-ring (bicyclic) bond motifs is 1. The highest BCUT2D eigenvalue weighted by Crippen LogP contribution is 2.39. The minimum absolute atomic E-state index is 0.120. The second-order valence-electron chi connectivity index (χ2n) is 12.0. The van der Waals surface area contributed by atoms with Gasteiger partial charge in [-0.3, -0.25) is 9.69 Å². The number of β-amino-alcohol motifs (C(OH)–C–C–N with tert-alkyl or cyclic N) is 1. The second-order valence-corrected chi connectivity index (χ2v) is 13.1. The fraction of sp³-hybridized carbons (Fsp3) is 0.562. The zero-order chi connectivity index (χ0) is 29.2. The summed E-state index contributed by atoms with van der Waals surface area (Å²) in [6, 6.07) is 18.4. The maximum absolute atomic E-state index is 13.5. The standard InChI is InChI=1S/C32H45N3O5S/c1-32(2,22-36)34-30(38)28-17-24-13-9-10-14-25(24)18-35(28)19-29(37)27(21-41-26-15-7-4-8-16-26)33-31(39)40-20-23-11-5-3-6-12-23/h3-8,11-12,15-16,24-25,27-29,36-37H,9-10,13-14,17-22H2,1-2H3,(H,33,39)(H,34,38)/t24-,25+,27-,28-,29+/m0/s1.